The number of nitrogens with two attached hydrogens (primary N) is 1. The molecular weight excluding hydrogens is 296 g/mol. The van der Waals surface area contributed by atoms with Crippen LogP contribution in [0.5, 0.6) is 0 Å². The van der Waals surface area contributed by atoms with Gasteiger partial charge in [-0.15, -0.1) is 0 Å². The quantitative estimate of drug-likeness (QED) is 0.763. The number of halogens is 6. The summed E-state index contributed by atoms with van der Waals surface area (Å²) >= 11 is 0. The minimum absolute atomic E-state index is 0.196. The van der Waals surface area contributed by atoms with Crippen LogP contribution in [0, 0.1) is 5.92 Å². The molecule has 0 aromatic heterocycles. The van der Waals surface area contributed by atoms with Gasteiger partial charge in [0.15, 0.2) is 0 Å². The summed E-state index contributed by atoms with van der Waals surface area (Å²) in [5.74, 6) is 0.205. The maximum atomic E-state index is 12.9. The molecular formula is C14H17F6N. The zero-order valence-electron chi connectivity index (χ0n) is 11.6. The average molecular weight is 313 g/mol. The third-order valence-corrected chi connectivity index (χ3v) is 3.14. The van der Waals surface area contributed by atoms with E-state index in [1.165, 1.54) is 0 Å². The van der Waals surface area contributed by atoms with Gasteiger partial charge in [-0.3, -0.25) is 0 Å². The van der Waals surface area contributed by atoms with Gasteiger partial charge in [-0.25, -0.2) is 0 Å². The number of alkyl halides is 6. The van der Waals surface area contributed by atoms with Crippen molar-refractivity contribution in [2.24, 2.45) is 11.7 Å². The minimum atomic E-state index is -4.73. The molecule has 0 aliphatic rings. The van der Waals surface area contributed by atoms with Crippen molar-refractivity contribution in [3.05, 3.63) is 34.9 Å². The van der Waals surface area contributed by atoms with Crippen molar-refractivity contribution >= 4 is 0 Å². The molecule has 2 N–H and O–H groups in total. The molecule has 0 fully saturated rings. The monoisotopic (exact) mass is 313 g/mol. The molecule has 120 valence electrons. The summed E-state index contributed by atoms with van der Waals surface area (Å²) in [5, 5.41) is 0. The van der Waals surface area contributed by atoms with Crippen molar-refractivity contribution in [2.75, 3.05) is 0 Å². The highest BCUT2D eigenvalue weighted by atomic mass is 19.4. The first-order valence-corrected chi connectivity index (χ1v) is 6.47. The first kappa shape index (κ1) is 17.8. The standard InChI is InChI=1S/C14H17F6N/c1-8(2)3-6-12(21)10-7-9(13(15,16)17)4-5-11(10)14(18,19)20/h4-5,7-8,12H,3,6,21H2,1-2H3/t12-/m1/s1. The van der Waals surface area contributed by atoms with Crippen LogP contribution in [0.1, 0.15) is 49.4 Å². The number of hydrogen-bond donors (Lipinski definition) is 1. The van der Waals surface area contributed by atoms with E-state index in [4.69, 9.17) is 5.73 Å². The molecule has 0 aliphatic carbocycles. The number of hydrogen-bond acceptors (Lipinski definition) is 1. The Kier molecular flexibility index (Phi) is 5.30. The summed E-state index contributed by atoms with van der Waals surface area (Å²) in [4.78, 5) is 0. The van der Waals surface area contributed by atoms with E-state index in [1.807, 2.05) is 13.8 Å². The lowest BCUT2D eigenvalue weighted by molar-refractivity contribution is -0.142. The van der Waals surface area contributed by atoms with Crippen LogP contribution in [0.3, 0.4) is 0 Å². The van der Waals surface area contributed by atoms with Crippen LogP contribution in [0.25, 0.3) is 0 Å². The fourth-order valence-corrected chi connectivity index (χ4v) is 1.97. The highest BCUT2D eigenvalue weighted by Crippen LogP contribution is 2.39. The van der Waals surface area contributed by atoms with Crippen molar-refractivity contribution in [2.45, 2.75) is 45.1 Å². The Morgan fingerprint density at radius 2 is 1.52 bits per heavy atom. The Morgan fingerprint density at radius 1 is 0.952 bits per heavy atom. The molecule has 0 aliphatic heterocycles. The third kappa shape index (κ3) is 4.91. The van der Waals surface area contributed by atoms with Crippen LogP contribution in [0.15, 0.2) is 18.2 Å². The van der Waals surface area contributed by atoms with Crippen LogP contribution < -0.4 is 5.73 Å². The van der Waals surface area contributed by atoms with Crippen molar-refractivity contribution in [3.63, 3.8) is 0 Å². The Hall–Kier alpha value is -1.24. The molecule has 0 heterocycles. The second kappa shape index (κ2) is 6.25. The Bertz CT molecular complexity index is 475. The van der Waals surface area contributed by atoms with E-state index in [1.54, 1.807) is 0 Å². The fourth-order valence-electron chi connectivity index (χ4n) is 1.97. The topological polar surface area (TPSA) is 26.0 Å². The molecule has 7 heteroatoms. The summed E-state index contributed by atoms with van der Waals surface area (Å²) in [5.41, 5.74) is 2.96. The Labute approximate surface area is 119 Å². The van der Waals surface area contributed by atoms with Crippen LogP contribution >= 0.6 is 0 Å². The average Bonchev–Trinajstić information content (AvgIpc) is 2.33. The summed E-state index contributed by atoms with van der Waals surface area (Å²) < 4.78 is 76.7. The number of benzene rings is 1. The summed E-state index contributed by atoms with van der Waals surface area (Å²) in [7, 11) is 0. The molecule has 0 saturated carbocycles. The molecule has 0 radical (unpaired) electrons. The largest absolute Gasteiger partial charge is 0.416 e. The van der Waals surface area contributed by atoms with Crippen molar-refractivity contribution < 1.29 is 26.3 Å². The second-order valence-electron chi connectivity index (χ2n) is 5.38. The lowest BCUT2D eigenvalue weighted by Gasteiger charge is -2.21. The lowest BCUT2D eigenvalue weighted by Crippen LogP contribution is -2.19. The van der Waals surface area contributed by atoms with Gasteiger partial charge < -0.3 is 5.73 Å². The smallest absolute Gasteiger partial charge is 0.324 e. The van der Waals surface area contributed by atoms with E-state index >= 15 is 0 Å². The minimum Gasteiger partial charge on any atom is -0.324 e. The van der Waals surface area contributed by atoms with Crippen LogP contribution in [0.2, 0.25) is 0 Å². The van der Waals surface area contributed by atoms with Gasteiger partial charge in [-0.2, -0.15) is 26.3 Å². The maximum Gasteiger partial charge on any atom is 0.416 e. The normalized spacial score (nSPS) is 14.6. The first-order valence-electron chi connectivity index (χ1n) is 6.47. The summed E-state index contributed by atoms with van der Waals surface area (Å²) in [6.45, 7) is 3.73. The van der Waals surface area contributed by atoms with Crippen LogP contribution in [-0.2, 0) is 12.4 Å². The molecule has 1 atom stereocenters. The third-order valence-electron chi connectivity index (χ3n) is 3.14. The van der Waals surface area contributed by atoms with Gasteiger partial charge in [0.05, 0.1) is 11.1 Å². The zero-order valence-corrected chi connectivity index (χ0v) is 11.6. The van der Waals surface area contributed by atoms with Crippen LogP contribution in [-0.4, -0.2) is 0 Å². The number of rotatable bonds is 4. The van der Waals surface area contributed by atoms with Gasteiger partial charge >= 0.3 is 12.4 Å². The van der Waals surface area contributed by atoms with E-state index < -0.39 is 35.1 Å². The Balaban J connectivity index is 3.23. The fraction of sp³-hybridized carbons (Fsp3) is 0.571. The molecule has 1 rings (SSSR count). The molecule has 1 aromatic rings. The van der Waals surface area contributed by atoms with Crippen LogP contribution in [0.4, 0.5) is 26.3 Å². The highest BCUT2D eigenvalue weighted by Gasteiger charge is 2.38. The summed E-state index contributed by atoms with van der Waals surface area (Å²) in [6.07, 6.45) is -8.69. The molecule has 1 nitrogen and oxygen atoms in total. The van der Waals surface area contributed by atoms with Crippen molar-refractivity contribution in [3.8, 4) is 0 Å². The van der Waals surface area contributed by atoms with E-state index in [9.17, 15) is 26.3 Å². The van der Waals surface area contributed by atoms with E-state index in [-0.39, 0.29) is 12.3 Å². The van der Waals surface area contributed by atoms with Gasteiger partial charge in [0.2, 0.25) is 0 Å². The molecule has 21 heavy (non-hydrogen) atoms. The van der Waals surface area contributed by atoms with Gasteiger partial charge in [0.25, 0.3) is 0 Å². The van der Waals surface area contributed by atoms with E-state index in [0.717, 1.165) is 0 Å². The zero-order chi connectivity index (χ0) is 16.4. The molecule has 0 bridgehead atoms. The maximum absolute atomic E-state index is 12.9. The highest BCUT2D eigenvalue weighted by molar-refractivity contribution is 5.37. The van der Waals surface area contributed by atoms with Crippen molar-refractivity contribution in [1.29, 1.82) is 0 Å². The second-order valence-corrected chi connectivity index (χ2v) is 5.38. The molecule has 0 unspecified atom stereocenters. The first-order chi connectivity index (χ1) is 9.43. The van der Waals surface area contributed by atoms with E-state index in [2.05, 4.69) is 0 Å². The van der Waals surface area contributed by atoms with Gasteiger partial charge in [0.1, 0.15) is 0 Å². The predicted octanol–water partition coefficient (Wildman–Crippen LogP) is 5.16. The SMILES string of the molecule is CC(C)CC[C@@H](N)c1cc(C(F)(F)F)ccc1C(F)(F)F. The summed E-state index contributed by atoms with van der Waals surface area (Å²) in [6, 6.07) is 0.314. The van der Waals surface area contributed by atoms with Gasteiger partial charge in [-0.1, -0.05) is 13.8 Å². The predicted molar refractivity (Wildman–Crippen MR) is 67.4 cm³/mol. The molecule has 0 saturated heterocycles. The van der Waals surface area contributed by atoms with E-state index in [0.29, 0.717) is 24.6 Å². The molecule has 0 amide bonds. The van der Waals surface area contributed by atoms with Gasteiger partial charge in [0, 0.05) is 6.04 Å². The molecule has 1 aromatic carbocycles. The Morgan fingerprint density at radius 3 is 1.95 bits per heavy atom. The lowest BCUT2D eigenvalue weighted by atomic mass is 9.93. The van der Waals surface area contributed by atoms with Gasteiger partial charge in [-0.05, 0) is 42.5 Å². The molecule has 0 spiro atoms. The van der Waals surface area contributed by atoms with Crippen molar-refractivity contribution in [1.82, 2.24) is 0 Å².